The van der Waals surface area contributed by atoms with E-state index < -0.39 is 5.41 Å². The van der Waals surface area contributed by atoms with Crippen molar-refractivity contribution in [3.63, 3.8) is 0 Å². The van der Waals surface area contributed by atoms with Gasteiger partial charge in [-0.25, -0.2) is 15.0 Å². The van der Waals surface area contributed by atoms with Crippen LogP contribution in [0.2, 0.25) is 0 Å². The summed E-state index contributed by atoms with van der Waals surface area (Å²) in [6.45, 7) is 0. The molecular formula is C58H36N4. The van der Waals surface area contributed by atoms with Gasteiger partial charge in [0.25, 0.3) is 0 Å². The molecule has 0 N–H and O–H groups in total. The molecule has 1 unspecified atom stereocenters. The Hall–Kier alpha value is -8.21. The van der Waals surface area contributed by atoms with Crippen molar-refractivity contribution < 1.29 is 0 Å². The van der Waals surface area contributed by atoms with E-state index in [4.69, 9.17) is 15.0 Å². The molecule has 0 aliphatic heterocycles. The molecule has 0 fully saturated rings. The third kappa shape index (κ3) is 4.86. The van der Waals surface area contributed by atoms with Gasteiger partial charge in [-0.1, -0.05) is 182 Å². The van der Waals surface area contributed by atoms with Crippen molar-refractivity contribution in [2.45, 2.75) is 5.41 Å². The fourth-order valence-corrected chi connectivity index (χ4v) is 10.6. The van der Waals surface area contributed by atoms with E-state index in [-0.39, 0.29) is 0 Å². The predicted molar refractivity (Wildman–Crippen MR) is 252 cm³/mol. The van der Waals surface area contributed by atoms with Gasteiger partial charge in [0.2, 0.25) is 0 Å². The van der Waals surface area contributed by atoms with E-state index in [1.165, 1.54) is 50.1 Å². The number of fused-ring (bicyclic) bond motifs is 12. The average molecular weight is 789 g/mol. The Morgan fingerprint density at radius 2 is 0.887 bits per heavy atom. The molecule has 0 saturated carbocycles. The summed E-state index contributed by atoms with van der Waals surface area (Å²) < 4.78 is 2.28. The summed E-state index contributed by atoms with van der Waals surface area (Å²) in [5, 5.41) is 1.04. The number of imidazole rings is 1. The standard InChI is InChI=1S/C58H36N4/c1-3-18-37(19-4-1)55-44-26-9-12-33-50(44)59-56(61-55)45-28-17-32-49-54(45)43-25-8-11-30-47(43)58(49)46-29-10-7-24-42(46)53-41(27-16-31-48(53)58)38-20-15-21-39(36-38)57-60-51-34-13-14-35-52(51)62(57)40-22-5-2-6-23-40/h1-36H. The second-order valence-electron chi connectivity index (χ2n) is 16.3. The van der Waals surface area contributed by atoms with E-state index in [9.17, 15) is 0 Å². The van der Waals surface area contributed by atoms with Crippen LogP contribution < -0.4 is 0 Å². The zero-order chi connectivity index (χ0) is 40.8. The highest BCUT2D eigenvalue weighted by Gasteiger charge is 2.52. The number of benzene rings is 9. The van der Waals surface area contributed by atoms with Crippen LogP contribution in [0.5, 0.6) is 0 Å². The minimum atomic E-state index is -0.554. The molecule has 1 atom stereocenters. The average Bonchev–Trinajstić information content (AvgIpc) is 3.99. The van der Waals surface area contributed by atoms with E-state index >= 15 is 0 Å². The summed E-state index contributed by atoms with van der Waals surface area (Å²) >= 11 is 0. The molecule has 11 aromatic rings. The Kier molecular flexibility index (Phi) is 7.49. The third-order valence-corrected chi connectivity index (χ3v) is 13.0. The Balaban J connectivity index is 1.04. The van der Waals surface area contributed by atoms with Crippen LogP contribution in [-0.2, 0) is 5.41 Å². The lowest BCUT2D eigenvalue weighted by atomic mass is 9.70. The van der Waals surface area contributed by atoms with E-state index in [0.717, 1.165) is 67.2 Å². The maximum Gasteiger partial charge on any atom is 0.161 e. The summed E-state index contributed by atoms with van der Waals surface area (Å²) in [5.41, 5.74) is 20.0. The second-order valence-corrected chi connectivity index (χ2v) is 16.3. The van der Waals surface area contributed by atoms with E-state index in [1.54, 1.807) is 0 Å². The molecule has 0 saturated heterocycles. The molecule has 2 aliphatic rings. The van der Waals surface area contributed by atoms with Gasteiger partial charge in [-0.15, -0.1) is 0 Å². The van der Waals surface area contributed by atoms with Gasteiger partial charge in [-0.05, 0) is 92.0 Å². The molecule has 2 aliphatic carbocycles. The highest BCUT2D eigenvalue weighted by Crippen LogP contribution is 2.65. The quantitative estimate of drug-likeness (QED) is 0.174. The van der Waals surface area contributed by atoms with E-state index in [1.807, 2.05) is 0 Å². The van der Waals surface area contributed by atoms with Crippen LogP contribution in [0.4, 0.5) is 0 Å². The van der Waals surface area contributed by atoms with Crippen LogP contribution >= 0.6 is 0 Å². The van der Waals surface area contributed by atoms with Gasteiger partial charge in [0, 0.05) is 27.8 Å². The molecular weight excluding hydrogens is 753 g/mol. The van der Waals surface area contributed by atoms with Gasteiger partial charge >= 0.3 is 0 Å². The van der Waals surface area contributed by atoms with Gasteiger partial charge in [-0.2, -0.15) is 0 Å². The highest BCUT2D eigenvalue weighted by molar-refractivity contribution is 6.03. The molecule has 2 aromatic heterocycles. The molecule has 0 radical (unpaired) electrons. The van der Waals surface area contributed by atoms with Gasteiger partial charge in [0.05, 0.1) is 27.7 Å². The van der Waals surface area contributed by atoms with Crippen LogP contribution in [0.3, 0.4) is 0 Å². The summed E-state index contributed by atoms with van der Waals surface area (Å²) in [6.07, 6.45) is 0. The molecule has 4 nitrogen and oxygen atoms in total. The maximum atomic E-state index is 5.40. The second kappa shape index (κ2) is 13.4. The molecule has 0 amide bonds. The minimum Gasteiger partial charge on any atom is -0.292 e. The SMILES string of the molecule is c1ccc(-c2nc(-c3cccc4c3-c3ccccc3C43c4ccccc4-c4c(-c5cccc(-c6nc7ccccc7n6-c6ccccc6)c5)cccc43)nc3ccccc23)cc1. The van der Waals surface area contributed by atoms with Gasteiger partial charge in [-0.3, -0.25) is 4.57 Å². The van der Waals surface area contributed by atoms with Crippen molar-refractivity contribution in [1.29, 1.82) is 0 Å². The zero-order valence-corrected chi connectivity index (χ0v) is 33.6. The fraction of sp³-hybridized carbons (Fsp3) is 0.0172. The zero-order valence-electron chi connectivity index (χ0n) is 33.6. The lowest BCUT2D eigenvalue weighted by Crippen LogP contribution is -2.25. The summed E-state index contributed by atoms with van der Waals surface area (Å²) in [4.78, 5) is 15.9. The molecule has 9 aromatic carbocycles. The summed E-state index contributed by atoms with van der Waals surface area (Å²) in [6, 6.07) is 78.4. The van der Waals surface area contributed by atoms with E-state index in [2.05, 4.69) is 223 Å². The smallest absolute Gasteiger partial charge is 0.161 e. The van der Waals surface area contributed by atoms with E-state index in [0.29, 0.717) is 0 Å². The van der Waals surface area contributed by atoms with Crippen molar-refractivity contribution >= 4 is 21.9 Å². The van der Waals surface area contributed by atoms with Gasteiger partial charge in [0.15, 0.2) is 5.82 Å². The molecule has 0 bridgehead atoms. The van der Waals surface area contributed by atoms with Crippen LogP contribution in [0.15, 0.2) is 218 Å². The Labute approximate surface area is 359 Å². The largest absolute Gasteiger partial charge is 0.292 e. The number of hydrogen-bond donors (Lipinski definition) is 0. The molecule has 13 rings (SSSR count). The fourth-order valence-electron chi connectivity index (χ4n) is 10.6. The molecule has 288 valence electrons. The van der Waals surface area contributed by atoms with Gasteiger partial charge < -0.3 is 0 Å². The van der Waals surface area contributed by atoms with Crippen molar-refractivity contribution in [3.8, 4) is 73.1 Å². The molecule has 1 spiro atoms. The van der Waals surface area contributed by atoms with Crippen molar-refractivity contribution in [2.24, 2.45) is 0 Å². The lowest BCUT2D eigenvalue weighted by molar-refractivity contribution is 0.794. The third-order valence-electron chi connectivity index (χ3n) is 13.0. The first-order chi connectivity index (χ1) is 30.8. The Bertz CT molecular complexity index is 3590. The monoisotopic (exact) mass is 788 g/mol. The van der Waals surface area contributed by atoms with Crippen LogP contribution in [-0.4, -0.2) is 19.5 Å². The van der Waals surface area contributed by atoms with Crippen molar-refractivity contribution in [1.82, 2.24) is 19.5 Å². The molecule has 4 heteroatoms. The Morgan fingerprint density at radius 3 is 1.65 bits per heavy atom. The highest BCUT2D eigenvalue weighted by atomic mass is 15.1. The maximum absolute atomic E-state index is 5.40. The molecule has 2 heterocycles. The van der Waals surface area contributed by atoms with Crippen LogP contribution in [0.25, 0.3) is 95.0 Å². The topological polar surface area (TPSA) is 43.6 Å². The summed E-state index contributed by atoms with van der Waals surface area (Å²) in [5.74, 6) is 1.64. The molecule has 62 heavy (non-hydrogen) atoms. The Morgan fingerprint density at radius 1 is 0.355 bits per heavy atom. The first-order valence-electron chi connectivity index (χ1n) is 21.2. The number of hydrogen-bond acceptors (Lipinski definition) is 3. The lowest BCUT2D eigenvalue weighted by Gasteiger charge is -2.30. The number of para-hydroxylation sites is 4. The number of rotatable bonds is 5. The van der Waals surface area contributed by atoms with Crippen molar-refractivity contribution in [2.75, 3.05) is 0 Å². The minimum absolute atomic E-state index is 0.554. The van der Waals surface area contributed by atoms with Crippen LogP contribution in [0, 0.1) is 0 Å². The van der Waals surface area contributed by atoms with Crippen LogP contribution in [0.1, 0.15) is 22.3 Å². The van der Waals surface area contributed by atoms with Crippen molar-refractivity contribution in [3.05, 3.63) is 241 Å². The summed E-state index contributed by atoms with van der Waals surface area (Å²) in [7, 11) is 0. The number of aromatic nitrogens is 4. The first-order valence-corrected chi connectivity index (χ1v) is 21.2. The normalized spacial score (nSPS) is 14.5. The predicted octanol–water partition coefficient (Wildman–Crippen LogP) is 14.0. The first kappa shape index (κ1) is 34.6. The number of nitrogens with zero attached hydrogens (tertiary/aromatic N) is 4. The van der Waals surface area contributed by atoms with Gasteiger partial charge in [0.1, 0.15) is 5.82 Å².